The Morgan fingerprint density at radius 2 is 1.20 bits per heavy atom. The summed E-state index contributed by atoms with van der Waals surface area (Å²) in [7, 11) is 0. The van der Waals surface area contributed by atoms with Crippen molar-refractivity contribution in [2.75, 3.05) is 0 Å². The van der Waals surface area contributed by atoms with Crippen molar-refractivity contribution >= 4 is 22.6 Å². The highest BCUT2D eigenvalue weighted by atomic mass is 16.5. The Morgan fingerprint density at radius 3 is 1.85 bits per heavy atom. The van der Waals surface area contributed by atoms with E-state index in [9.17, 15) is 14.7 Å². The van der Waals surface area contributed by atoms with E-state index in [1.807, 2.05) is 103 Å². The van der Waals surface area contributed by atoms with E-state index in [1.54, 1.807) is 18.2 Å². The van der Waals surface area contributed by atoms with Gasteiger partial charge >= 0.3 is 5.97 Å². The van der Waals surface area contributed by atoms with Gasteiger partial charge < -0.3 is 19.9 Å². The van der Waals surface area contributed by atoms with Gasteiger partial charge in [0.15, 0.2) is 11.5 Å². The molecule has 5 rings (SSSR count). The molecule has 6 heteroatoms. The van der Waals surface area contributed by atoms with Crippen LogP contribution in [0.4, 0.5) is 0 Å². The number of carboxylic acid groups (broad SMARTS) is 1. The maximum atomic E-state index is 12.8. The van der Waals surface area contributed by atoms with Gasteiger partial charge in [-0.1, -0.05) is 109 Å². The summed E-state index contributed by atoms with van der Waals surface area (Å²) >= 11 is 0. The average molecular weight is 546 g/mol. The van der Waals surface area contributed by atoms with Crippen LogP contribution >= 0.6 is 0 Å². The average Bonchev–Trinajstić information content (AvgIpc) is 3.00. The van der Waals surface area contributed by atoms with Gasteiger partial charge in [0.25, 0.3) is 0 Å². The summed E-state index contributed by atoms with van der Waals surface area (Å²) in [4.78, 5) is 25.0. The first-order valence-corrected chi connectivity index (χ1v) is 13.5. The van der Waals surface area contributed by atoms with Gasteiger partial charge in [0, 0.05) is 6.42 Å². The standard InChI is InChI=1S/C35H31NO5/c37-34(22-27-15-17-29-13-7-8-14-30(29)19-27)36-31(35(38)39)20-28-16-18-32(40-23-25-9-3-1-4-10-25)33(21-28)41-24-26-11-5-2-6-12-26/h1-19,21,31H,20,22-24H2,(H,36,37)(H,38,39)/t31-/m0/s1. The molecule has 0 aliphatic rings. The molecule has 5 aromatic carbocycles. The number of carbonyl (C=O) groups excluding carboxylic acids is 1. The fourth-order valence-corrected chi connectivity index (χ4v) is 4.60. The molecule has 0 heterocycles. The van der Waals surface area contributed by atoms with Crippen LogP contribution in [0.25, 0.3) is 10.8 Å². The van der Waals surface area contributed by atoms with Gasteiger partial charge in [-0.05, 0) is 45.2 Å². The number of amides is 1. The van der Waals surface area contributed by atoms with Gasteiger partial charge in [0.2, 0.25) is 5.91 Å². The number of rotatable bonds is 12. The quantitative estimate of drug-likeness (QED) is 0.191. The first kappa shape index (κ1) is 27.5. The number of hydrogen-bond acceptors (Lipinski definition) is 4. The van der Waals surface area contributed by atoms with Crippen LogP contribution < -0.4 is 14.8 Å². The lowest BCUT2D eigenvalue weighted by Crippen LogP contribution is -2.43. The third-order valence-electron chi connectivity index (χ3n) is 6.73. The van der Waals surface area contributed by atoms with E-state index < -0.39 is 12.0 Å². The maximum absolute atomic E-state index is 12.8. The molecule has 5 aromatic rings. The van der Waals surface area contributed by atoms with E-state index >= 15 is 0 Å². The molecule has 0 radical (unpaired) electrons. The number of aliphatic carboxylic acids is 1. The molecule has 2 N–H and O–H groups in total. The van der Waals surface area contributed by atoms with Crippen LogP contribution in [0.5, 0.6) is 11.5 Å². The molecule has 0 aliphatic carbocycles. The van der Waals surface area contributed by atoms with Crippen molar-refractivity contribution in [3.63, 3.8) is 0 Å². The van der Waals surface area contributed by atoms with Crippen molar-refractivity contribution in [3.8, 4) is 11.5 Å². The molecule has 206 valence electrons. The molecule has 41 heavy (non-hydrogen) atoms. The lowest BCUT2D eigenvalue weighted by Gasteiger charge is -2.18. The van der Waals surface area contributed by atoms with Crippen LogP contribution in [0.1, 0.15) is 22.3 Å². The van der Waals surface area contributed by atoms with Crippen molar-refractivity contribution in [1.82, 2.24) is 5.32 Å². The number of ether oxygens (including phenoxy) is 2. The summed E-state index contributed by atoms with van der Waals surface area (Å²) in [6.07, 6.45) is 0.186. The normalized spacial score (nSPS) is 11.5. The van der Waals surface area contributed by atoms with Crippen molar-refractivity contribution < 1.29 is 24.2 Å². The highest BCUT2D eigenvalue weighted by Crippen LogP contribution is 2.31. The second-order valence-electron chi connectivity index (χ2n) is 9.85. The Hall–Kier alpha value is -5.10. The number of fused-ring (bicyclic) bond motifs is 1. The third kappa shape index (κ3) is 7.73. The Kier molecular flexibility index (Phi) is 8.91. The molecule has 0 aromatic heterocycles. The van der Waals surface area contributed by atoms with Crippen LogP contribution in [0.2, 0.25) is 0 Å². The van der Waals surface area contributed by atoms with Crippen LogP contribution in [0.3, 0.4) is 0 Å². The lowest BCUT2D eigenvalue weighted by atomic mass is 10.0. The van der Waals surface area contributed by atoms with Crippen LogP contribution in [0, 0.1) is 0 Å². The first-order chi connectivity index (χ1) is 20.0. The van der Waals surface area contributed by atoms with Crippen LogP contribution in [-0.2, 0) is 35.6 Å². The molecular weight excluding hydrogens is 514 g/mol. The van der Waals surface area contributed by atoms with Crippen molar-refractivity contribution in [3.05, 3.63) is 144 Å². The van der Waals surface area contributed by atoms with Gasteiger partial charge in [-0.15, -0.1) is 0 Å². The van der Waals surface area contributed by atoms with Crippen molar-refractivity contribution in [1.29, 1.82) is 0 Å². The number of carboxylic acids is 1. The predicted octanol–water partition coefficient (Wildman–Crippen LogP) is 6.35. The van der Waals surface area contributed by atoms with Crippen molar-refractivity contribution in [2.45, 2.75) is 32.1 Å². The summed E-state index contributed by atoms with van der Waals surface area (Å²) in [6, 6.07) is 37.6. The molecular formula is C35H31NO5. The smallest absolute Gasteiger partial charge is 0.326 e. The summed E-state index contributed by atoms with van der Waals surface area (Å²) in [6.45, 7) is 0.696. The largest absolute Gasteiger partial charge is 0.485 e. The van der Waals surface area contributed by atoms with Gasteiger partial charge in [-0.3, -0.25) is 4.79 Å². The van der Waals surface area contributed by atoms with E-state index in [2.05, 4.69) is 5.32 Å². The third-order valence-corrected chi connectivity index (χ3v) is 6.73. The maximum Gasteiger partial charge on any atom is 0.326 e. The fraction of sp³-hybridized carbons (Fsp3) is 0.143. The monoisotopic (exact) mass is 545 g/mol. The van der Waals surface area contributed by atoms with Gasteiger partial charge in [0.1, 0.15) is 19.3 Å². The summed E-state index contributed by atoms with van der Waals surface area (Å²) < 4.78 is 12.2. The summed E-state index contributed by atoms with van der Waals surface area (Å²) in [5, 5.41) is 14.7. The molecule has 0 saturated carbocycles. The minimum Gasteiger partial charge on any atom is -0.485 e. The Balaban J connectivity index is 1.29. The second-order valence-corrected chi connectivity index (χ2v) is 9.85. The Morgan fingerprint density at radius 1 is 0.610 bits per heavy atom. The molecule has 0 unspecified atom stereocenters. The van der Waals surface area contributed by atoms with Gasteiger partial charge in [-0.2, -0.15) is 0 Å². The topological polar surface area (TPSA) is 84.9 Å². The van der Waals surface area contributed by atoms with Crippen LogP contribution in [-0.4, -0.2) is 23.0 Å². The Labute approximate surface area is 239 Å². The van der Waals surface area contributed by atoms with E-state index in [1.165, 1.54) is 0 Å². The summed E-state index contributed by atoms with van der Waals surface area (Å²) in [5.74, 6) is -0.390. The number of nitrogens with one attached hydrogen (secondary N) is 1. The van der Waals surface area contributed by atoms with Gasteiger partial charge in [-0.25, -0.2) is 4.79 Å². The zero-order valence-electron chi connectivity index (χ0n) is 22.5. The van der Waals surface area contributed by atoms with E-state index in [0.29, 0.717) is 30.3 Å². The molecule has 0 bridgehead atoms. The van der Waals surface area contributed by atoms with E-state index in [4.69, 9.17) is 9.47 Å². The highest BCUT2D eigenvalue weighted by Gasteiger charge is 2.22. The number of benzene rings is 5. The zero-order chi connectivity index (χ0) is 28.4. The summed E-state index contributed by atoms with van der Waals surface area (Å²) in [5.41, 5.74) is 3.54. The minimum atomic E-state index is -1.10. The van der Waals surface area contributed by atoms with E-state index in [0.717, 1.165) is 27.5 Å². The molecule has 0 fully saturated rings. The number of hydrogen-bond donors (Lipinski definition) is 2. The van der Waals surface area contributed by atoms with Gasteiger partial charge in [0.05, 0.1) is 6.42 Å². The fourth-order valence-electron chi connectivity index (χ4n) is 4.60. The van der Waals surface area contributed by atoms with Crippen molar-refractivity contribution in [2.24, 2.45) is 0 Å². The van der Waals surface area contributed by atoms with E-state index in [-0.39, 0.29) is 18.7 Å². The Bertz CT molecular complexity index is 1620. The molecule has 0 spiro atoms. The molecule has 6 nitrogen and oxygen atoms in total. The SMILES string of the molecule is O=C(Cc1ccc2ccccc2c1)N[C@@H](Cc1ccc(OCc2ccccc2)c(OCc2ccccc2)c1)C(=O)O. The minimum absolute atomic E-state index is 0.0896. The molecule has 0 saturated heterocycles. The van der Waals surface area contributed by atoms with Crippen LogP contribution in [0.15, 0.2) is 121 Å². The lowest BCUT2D eigenvalue weighted by molar-refractivity contribution is -0.141. The number of carbonyl (C=O) groups is 2. The molecule has 1 atom stereocenters. The highest BCUT2D eigenvalue weighted by molar-refractivity contribution is 5.87. The zero-order valence-corrected chi connectivity index (χ0v) is 22.5. The second kappa shape index (κ2) is 13.3. The first-order valence-electron chi connectivity index (χ1n) is 13.5. The molecule has 0 aliphatic heterocycles. The molecule has 1 amide bonds. The predicted molar refractivity (Wildman–Crippen MR) is 159 cm³/mol.